The molecule has 2 aliphatic carbocycles. The summed E-state index contributed by atoms with van der Waals surface area (Å²) < 4.78 is 0. The molecule has 2 N–H and O–H groups in total. The first-order chi connectivity index (χ1) is 18.5. The smallest absolute Gasteiger partial charge is 0.245 e. The molecular formula is C33H39N3O2. The van der Waals surface area contributed by atoms with Gasteiger partial charge in [-0.05, 0) is 68.2 Å². The van der Waals surface area contributed by atoms with Crippen LogP contribution in [0.2, 0.25) is 0 Å². The van der Waals surface area contributed by atoms with Gasteiger partial charge in [-0.15, -0.1) is 0 Å². The maximum Gasteiger partial charge on any atom is 0.245 e. The van der Waals surface area contributed by atoms with Gasteiger partial charge in [0.2, 0.25) is 11.8 Å². The summed E-state index contributed by atoms with van der Waals surface area (Å²) in [7, 11) is 0. The van der Waals surface area contributed by atoms with E-state index in [2.05, 4.69) is 52.8 Å². The monoisotopic (exact) mass is 509 g/mol. The van der Waals surface area contributed by atoms with Gasteiger partial charge < -0.3 is 15.5 Å². The third-order valence-electron chi connectivity index (χ3n) is 8.49. The molecule has 2 bridgehead atoms. The number of carbonyl (C=O) groups is 2. The van der Waals surface area contributed by atoms with Crippen molar-refractivity contribution in [2.45, 2.75) is 63.6 Å². The van der Waals surface area contributed by atoms with Gasteiger partial charge in [0.15, 0.2) is 0 Å². The first-order valence-electron chi connectivity index (χ1n) is 14.1. The standard InChI is InChI=1S/C33H39N3O2/c1-3-36(31-27-20-19-26(22-27)30(31)25-15-9-5-10-16-25)33(38)29(21-24-13-7-4-8-14-24)35-32(37)23(2)34-28-17-11-6-12-18-28/h4-18,23,26-27,29-31,34H,3,19-22H2,1-2H3,(H,35,37). The SMILES string of the molecule is CCN(C(=O)C(Cc1ccccc1)NC(=O)C(C)Nc1ccccc1)C1C2CCC(C2)C1c1ccccc1. The van der Waals surface area contributed by atoms with Crippen LogP contribution in [-0.2, 0) is 16.0 Å². The van der Waals surface area contributed by atoms with Crippen molar-refractivity contribution in [3.8, 4) is 0 Å². The second kappa shape index (κ2) is 11.8. The van der Waals surface area contributed by atoms with Crippen molar-refractivity contribution in [3.05, 3.63) is 102 Å². The number of hydrogen-bond acceptors (Lipinski definition) is 3. The minimum atomic E-state index is -0.625. The maximum absolute atomic E-state index is 14.3. The zero-order valence-electron chi connectivity index (χ0n) is 22.4. The number of anilines is 1. The molecule has 0 heterocycles. The van der Waals surface area contributed by atoms with E-state index >= 15 is 0 Å². The first-order valence-corrected chi connectivity index (χ1v) is 14.1. The molecule has 0 aliphatic heterocycles. The van der Waals surface area contributed by atoms with Crippen molar-refractivity contribution < 1.29 is 9.59 Å². The lowest BCUT2D eigenvalue weighted by atomic mass is 9.78. The highest BCUT2D eigenvalue weighted by Crippen LogP contribution is 2.55. The normalized spacial score (nSPS) is 23.4. The van der Waals surface area contributed by atoms with Crippen LogP contribution in [0, 0.1) is 11.8 Å². The van der Waals surface area contributed by atoms with Gasteiger partial charge in [0.1, 0.15) is 12.1 Å². The van der Waals surface area contributed by atoms with Crippen LogP contribution in [0.5, 0.6) is 0 Å². The Kier molecular flexibility index (Phi) is 8.11. The molecule has 5 heteroatoms. The number of nitrogens with zero attached hydrogens (tertiary/aromatic N) is 1. The van der Waals surface area contributed by atoms with Crippen molar-refractivity contribution in [2.24, 2.45) is 11.8 Å². The van der Waals surface area contributed by atoms with Gasteiger partial charge in [-0.3, -0.25) is 9.59 Å². The Labute approximate surface area is 226 Å². The Morgan fingerprint density at radius 3 is 2.13 bits per heavy atom. The fraction of sp³-hybridized carbons (Fsp3) is 0.394. The minimum Gasteiger partial charge on any atom is -0.374 e. The van der Waals surface area contributed by atoms with Gasteiger partial charge in [0.05, 0.1) is 0 Å². The predicted molar refractivity (Wildman–Crippen MR) is 153 cm³/mol. The number of carbonyl (C=O) groups excluding carboxylic acids is 2. The number of fused-ring (bicyclic) bond motifs is 2. The van der Waals surface area contributed by atoms with E-state index in [1.807, 2.05) is 67.6 Å². The molecule has 0 saturated heterocycles. The van der Waals surface area contributed by atoms with Crippen LogP contribution in [0.15, 0.2) is 91.0 Å². The molecule has 2 aliphatic rings. The van der Waals surface area contributed by atoms with Crippen molar-refractivity contribution in [1.82, 2.24) is 10.2 Å². The first kappa shape index (κ1) is 26.0. The molecule has 2 amide bonds. The van der Waals surface area contributed by atoms with Gasteiger partial charge in [0, 0.05) is 30.6 Å². The van der Waals surface area contributed by atoms with Gasteiger partial charge in [-0.2, -0.15) is 0 Å². The van der Waals surface area contributed by atoms with Crippen LogP contribution < -0.4 is 10.6 Å². The number of hydrogen-bond donors (Lipinski definition) is 2. The van der Waals surface area contributed by atoms with Gasteiger partial charge >= 0.3 is 0 Å². The summed E-state index contributed by atoms with van der Waals surface area (Å²) in [5.74, 6) is 1.33. The minimum absolute atomic E-state index is 0.0232. The highest BCUT2D eigenvalue weighted by atomic mass is 16.2. The number of likely N-dealkylation sites (N-methyl/N-ethyl adjacent to an activating group) is 1. The van der Waals surface area contributed by atoms with Crippen LogP contribution in [0.3, 0.4) is 0 Å². The van der Waals surface area contributed by atoms with Crippen LogP contribution in [0.1, 0.15) is 50.2 Å². The Balaban J connectivity index is 1.39. The second-order valence-corrected chi connectivity index (χ2v) is 10.9. The topological polar surface area (TPSA) is 61.4 Å². The Hall–Kier alpha value is -3.60. The summed E-state index contributed by atoms with van der Waals surface area (Å²) in [4.78, 5) is 29.8. The van der Waals surface area contributed by atoms with Crippen LogP contribution in [0.25, 0.3) is 0 Å². The van der Waals surface area contributed by atoms with Crippen molar-refractivity contribution in [1.29, 1.82) is 0 Å². The molecule has 6 unspecified atom stereocenters. The fourth-order valence-electron chi connectivity index (χ4n) is 6.76. The highest BCUT2D eigenvalue weighted by molar-refractivity contribution is 5.91. The average molecular weight is 510 g/mol. The molecule has 5 rings (SSSR count). The molecule has 0 spiro atoms. The lowest BCUT2D eigenvalue weighted by molar-refractivity contribution is -0.139. The molecule has 5 nitrogen and oxygen atoms in total. The number of nitrogens with one attached hydrogen (secondary N) is 2. The molecule has 198 valence electrons. The molecule has 0 aromatic heterocycles. The number of rotatable bonds is 10. The Bertz CT molecular complexity index is 1200. The molecular weight excluding hydrogens is 470 g/mol. The van der Waals surface area contributed by atoms with E-state index in [4.69, 9.17) is 0 Å². The second-order valence-electron chi connectivity index (χ2n) is 10.9. The average Bonchev–Trinajstić information content (AvgIpc) is 3.57. The summed E-state index contributed by atoms with van der Waals surface area (Å²) in [6, 6.07) is 29.5. The van der Waals surface area contributed by atoms with Crippen LogP contribution >= 0.6 is 0 Å². The highest BCUT2D eigenvalue weighted by Gasteiger charge is 2.51. The van der Waals surface area contributed by atoms with E-state index in [9.17, 15) is 9.59 Å². The Morgan fingerprint density at radius 1 is 0.868 bits per heavy atom. The van der Waals surface area contributed by atoms with E-state index in [1.165, 1.54) is 24.8 Å². The van der Waals surface area contributed by atoms with Crippen molar-refractivity contribution in [3.63, 3.8) is 0 Å². The lowest BCUT2D eigenvalue weighted by Gasteiger charge is -2.41. The zero-order valence-corrected chi connectivity index (χ0v) is 22.4. The molecule has 2 fully saturated rings. The van der Waals surface area contributed by atoms with Crippen molar-refractivity contribution >= 4 is 17.5 Å². The lowest BCUT2D eigenvalue weighted by Crippen LogP contribution is -2.56. The van der Waals surface area contributed by atoms with E-state index in [-0.39, 0.29) is 17.9 Å². The van der Waals surface area contributed by atoms with Gasteiger partial charge in [0.25, 0.3) is 0 Å². The summed E-state index contributed by atoms with van der Waals surface area (Å²) in [5, 5.41) is 6.39. The summed E-state index contributed by atoms with van der Waals surface area (Å²) in [6.45, 7) is 4.55. The third kappa shape index (κ3) is 5.62. The van der Waals surface area contributed by atoms with Crippen LogP contribution in [0.4, 0.5) is 5.69 Å². The van der Waals surface area contributed by atoms with E-state index in [0.717, 1.165) is 11.3 Å². The van der Waals surface area contributed by atoms with Crippen LogP contribution in [-0.4, -0.2) is 41.4 Å². The molecule has 38 heavy (non-hydrogen) atoms. The summed E-state index contributed by atoms with van der Waals surface area (Å²) in [5.41, 5.74) is 3.25. The van der Waals surface area contributed by atoms with E-state index in [0.29, 0.717) is 30.7 Å². The largest absolute Gasteiger partial charge is 0.374 e. The Morgan fingerprint density at radius 2 is 1.47 bits per heavy atom. The molecule has 0 radical (unpaired) electrons. The fourth-order valence-corrected chi connectivity index (χ4v) is 6.76. The molecule has 2 saturated carbocycles. The van der Waals surface area contributed by atoms with E-state index in [1.54, 1.807) is 0 Å². The number of benzene rings is 3. The molecule has 3 aromatic rings. The summed E-state index contributed by atoms with van der Waals surface area (Å²) >= 11 is 0. The third-order valence-corrected chi connectivity index (χ3v) is 8.49. The summed E-state index contributed by atoms with van der Waals surface area (Å²) in [6.07, 6.45) is 4.06. The maximum atomic E-state index is 14.3. The zero-order chi connectivity index (χ0) is 26.5. The van der Waals surface area contributed by atoms with Gasteiger partial charge in [-0.1, -0.05) is 78.9 Å². The van der Waals surface area contributed by atoms with Gasteiger partial charge in [-0.25, -0.2) is 0 Å². The van der Waals surface area contributed by atoms with E-state index < -0.39 is 12.1 Å². The molecule has 3 aromatic carbocycles. The number of para-hydroxylation sites is 1. The predicted octanol–water partition coefficient (Wildman–Crippen LogP) is 5.65. The number of amides is 2. The molecule has 6 atom stereocenters. The van der Waals surface area contributed by atoms with Crippen molar-refractivity contribution in [2.75, 3.05) is 11.9 Å². The quantitative estimate of drug-likeness (QED) is 0.372.